The number of amides is 1. The summed E-state index contributed by atoms with van der Waals surface area (Å²) in [7, 11) is 0. The van der Waals surface area contributed by atoms with Crippen LogP contribution in [0.1, 0.15) is 46.5 Å². The second kappa shape index (κ2) is 8.41. The van der Waals surface area contributed by atoms with Crippen molar-refractivity contribution < 1.29 is 9.21 Å². The zero-order valence-electron chi connectivity index (χ0n) is 17.7. The van der Waals surface area contributed by atoms with Gasteiger partial charge >= 0.3 is 0 Å². The summed E-state index contributed by atoms with van der Waals surface area (Å²) in [6, 6.07) is 21.6. The SMILES string of the molecule is CC(C)c1ccc2oc(Cc3ccc(NC(=O)c4sc5ccccc5c4Cl)cc3)nc2c1. The first-order valence-electron chi connectivity index (χ1n) is 10.4. The smallest absolute Gasteiger partial charge is 0.267 e. The van der Waals surface area contributed by atoms with Crippen molar-refractivity contribution in [3.8, 4) is 0 Å². The standard InChI is InChI=1S/C26H21ClN2O2S/c1-15(2)17-9-12-21-20(14-17)29-23(31-21)13-16-7-10-18(11-8-16)28-26(30)25-24(27)19-5-3-4-6-22(19)32-25/h3-12,14-15H,13H2,1-2H3,(H,28,30). The molecule has 0 unspecified atom stereocenters. The third-order valence-corrected chi connectivity index (χ3v) is 7.11. The average molecular weight is 461 g/mol. The van der Waals surface area contributed by atoms with E-state index in [9.17, 15) is 4.79 Å². The molecule has 0 radical (unpaired) electrons. The highest BCUT2D eigenvalue weighted by Crippen LogP contribution is 2.35. The molecule has 0 saturated heterocycles. The Kier molecular flexibility index (Phi) is 5.45. The lowest BCUT2D eigenvalue weighted by atomic mass is 10.0. The van der Waals surface area contributed by atoms with Gasteiger partial charge in [0.25, 0.3) is 5.91 Å². The van der Waals surface area contributed by atoms with E-state index in [4.69, 9.17) is 16.0 Å². The minimum atomic E-state index is -0.205. The fourth-order valence-corrected chi connectivity index (χ4v) is 5.07. The number of oxazole rings is 1. The van der Waals surface area contributed by atoms with Gasteiger partial charge in [-0.15, -0.1) is 11.3 Å². The van der Waals surface area contributed by atoms with Crippen LogP contribution in [0.3, 0.4) is 0 Å². The van der Waals surface area contributed by atoms with Crippen LogP contribution < -0.4 is 5.32 Å². The maximum Gasteiger partial charge on any atom is 0.267 e. The molecule has 6 heteroatoms. The number of nitrogens with zero attached hydrogens (tertiary/aromatic N) is 1. The van der Waals surface area contributed by atoms with E-state index in [1.54, 1.807) is 0 Å². The number of carbonyl (C=O) groups is 1. The lowest BCUT2D eigenvalue weighted by Gasteiger charge is -2.05. The quantitative estimate of drug-likeness (QED) is 0.293. The van der Waals surface area contributed by atoms with Crippen molar-refractivity contribution in [3.05, 3.63) is 93.6 Å². The normalized spacial score (nSPS) is 11.5. The zero-order valence-corrected chi connectivity index (χ0v) is 19.3. The first kappa shape index (κ1) is 20.7. The van der Waals surface area contributed by atoms with Crippen LogP contribution in [0.25, 0.3) is 21.2 Å². The van der Waals surface area contributed by atoms with Gasteiger partial charge in [-0.2, -0.15) is 0 Å². The summed E-state index contributed by atoms with van der Waals surface area (Å²) in [5, 5.41) is 4.34. The molecule has 0 spiro atoms. The van der Waals surface area contributed by atoms with Gasteiger partial charge in [0.2, 0.25) is 0 Å². The van der Waals surface area contributed by atoms with Gasteiger partial charge in [0, 0.05) is 22.2 Å². The lowest BCUT2D eigenvalue weighted by molar-refractivity contribution is 0.103. The summed E-state index contributed by atoms with van der Waals surface area (Å²) in [6.45, 7) is 4.33. The second-order valence-corrected chi connectivity index (χ2v) is 9.49. The summed E-state index contributed by atoms with van der Waals surface area (Å²) in [6.07, 6.45) is 0.585. The van der Waals surface area contributed by atoms with Gasteiger partial charge in [0.1, 0.15) is 10.4 Å². The van der Waals surface area contributed by atoms with Crippen LogP contribution in [0.15, 0.2) is 71.1 Å². The highest BCUT2D eigenvalue weighted by atomic mass is 35.5. The number of aromatic nitrogens is 1. The summed E-state index contributed by atoms with van der Waals surface area (Å²) in [4.78, 5) is 17.9. The molecular weight excluding hydrogens is 440 g/mol. The van der Waals surface area contributed by atoms with Crippen molar-refractivity contribution in [1.29, 1.82) is 0 Å². The van der Waals surface area contributed by atoms with E-state index in [2.05, 4.69) is 36.3 Å². The van der Waals surface area contributed by atoms with E-state index in [1.807, 2.05) is 54.6 Å². The van der Waals surface area contributed by atoms with E-state index in [1.165, 1.54) is 16.9 Å². The van der Waals surface area contributed by atoms with E-state index in [-0.39, 0.29) is 5.91 Å². The van der Waals surface area contributed by atoms with E-state index < -0.39 is 0 Å². The third-order valence-electron chi connectivity index (χ3n) is 5.43. The largest absolute Gasteiger partial charge is 0.440 e. The number of nitrogens with one attached hydrogen (secondary N) is 1. The Morgan fingerprint density at radius 1 is 1.09 bits per heavy atom. The van der Waals surface area contributed by atoms with Crippen LogP contribution in [0.4, 0.5) is 5.69 Å². The van der Waals surface area contributed by atoms with Crippen molar-refractivity contribution in [1.82, 2.24) is 4.98 Å². The predicted octanol–water partition coefficient (Wildman–Crippen LogP) is 7.66. The Bertz CT molecular complexity index is 1430. The van der Waals surface area contributed by atoms with Gasteiger partial charge in [0.15, 0.2) is 11.5 Å². The molecule has 0 aliphatic rings. The number of benzene rings is 3. The van der Waals surface area contributed by atoms with Crippen molar-refractivity contribution in [2.24, 2.45) is 0 Å². The molecule has 0 fully saturated rings. The zero-order chi connectivity index (χ0) is 22.2. The van der Waals surface area contributed by atoms with Crippen LogP contribution in [0.2, 0.25) is 5.02 Å². The van der Waals surface area contributed by atoms with Crippen LogP contribution in [-0.2, 0) is 6.42 Å². The van der Waals surface area contributed by atoms with Crippen molar-refractivity contribution in [3.63, 3.8) is 0 Å². The molecule has 1 N–H and O–H groups in total. The molecule has 160 valence electrons. The summed E-state index contributed by atoms with van der Waals surface area (Å²) >= 11 is 7.82. The highest BCUT2D eigenvalue weighted by Gasteiger charge is 2.17. The van der Waals surface area contributed by atoms with Gasteiger partial charge in [-0.1, -0.05) is 61.8 Å². The van der Waals surface area contributed by atoms with Gasteiger partial charge < -0.3 is 9.73 Å². The van der Waals surface area contributed by atoms with Crippen LogP contribution in [0.5, 0.6) is 0 Å². The summed E-state index contributed by atoms with van der Waals surface area (Å²) < 4.78 is 6.90. The Morgan fingerprint density at radius 3 is 2.62 bits per heavy atom. The minimum absolute atomic E-state index is 0.205. The Hall–Kier alpha value is -3.15. The topological polar surface area (TPSA) is 55.1 Å². The van der Waals surface area contributed by atoms with E-state index in [0.717, 1.165) is 26.7 Å². The molecule has 0 bridgehead atoms. The summed E-state index contributed by atoms with van der Waals surface area (Å²) in [5.74, 6) is 0.920. The fourth-order valence-electron chi connectivity index (χ4n) is 3.66. The number of carbonyl (C=O) groups excluding carboxylic acids is 1. The molecule has 0 saturated carbocycles. The second-order valence-electron chi connectivity index (χ2n) is 8.06. The monoisotopic (exact) mass is 460 g/mol. The number of hydrogen-bond donors (Lipinski definition) is 1. The minimum Gasteiger partial charge on any atom is -0.440 e. The fraction of sp³-hybridized carbons (Fsp3) is 0.154. The molecule has 5 aromatic rings. The van der Waals surface area contributed by atoms with Crippen molar-refractivity contribution >= 4 is 55.7 Å². The Morgan fingerprint density at radius 2 is 1.88 bits per heavy atom. The van der Waals surface area contributed by atoms with Crippen LogP contribution >= 0.6 is 22.9 Å². The Balaban J connectivity index is 1.30. The Labute approximate surface area is 194 Å². The predicted molar refractivity (Wildman–Crippen MR) is 132 cm³/mol. The number of fused-ring (bicyclic) bond motifs is 2. The average Bonchev–Trinajstić information content (AvgIpc) is 3.35. The van der Waals surface area contributed by atoms with Crippen molar-refractivity contribution in [2.45, 2.75) is 26.2 Å². The molecule has 0 aliphatic heterocycles. The van der Waals surface area contributed by atoms with Gasteiger partial charge in [-0.3, -0.25) is 4.79 Å². The van der Waals surface area contributed by atoms with E-state index >= 15 is 0 Å². The number of rotatable bonds is 5. The number of hydrogen-bond acceptors (Lipinski definition) is 4. The molecule has 0 aliphatic carbocycles. The number of halogens is 1. The molecule has 32 heavy (non-hydrogen) atoms. The first-order chi connectivity index (χ1) is 15.5. The molecular formula is C26H21ClN2O2S. The van der Waals surface area contributed by atoms with Gasteiger partial charge in [-0.25, -0.2) is 4.98 Å². The molecule has 1 amide bonds. The van der Waals surface area contributed by atoms with Crippen LogP contribution in [-0.4, -0.2) is 10.9 Å². The highest BCUT2D eigenvalue weighted by molar-refractivity contribution is 7.21. The molecule has 2 aromatic heterocycles. The molecule has 4 nitrogen and oxygen atoms in total. The number of anilines is 1. The third kappa shape index (κ3) is 4.01. The van der Waals surface area contributed by atoms with E-state index in [0.29, 0.717) is 33.8 Å². The summed E-state index contributed by atoms with van der Waals surface area (Å²) in [5.41, 5.74) is 4.70. The molecule has 0 atom stereocenters. The molecule has 2 heterocycles. The van der Waals surface area contributed by atoms with Crippen LogP contribution in [0, 0.1) is 0 Å². The molecule has 5 rings (SSSR count). The number of thiophene rings is 1. The lowest BCUT2D eigenvalue weighted by Crippen LogP contribution is -2.10. The van der Waals surface area contributed by atoms with Gasteiger partial charge in [-0.05, 0) is 47.4 Å². The van der Waals surface area contributed by atoms with Gasteiger partial charge in [0.05, 0.1) is 5.02 Å². The first-order valence-corrected chi connectivity index (χ1v) is 11.6. The van der Waals surface area contributed by atoms with Crippen molar-refractivity contribution in [2.75, 3.05) is 5.32 Å². The maximum absolute atomic E-state index is 12.7. The maximum atomic E-state index is 12.7. The molecule has 3 aromatic carbocycles.